The number of nitrogens with zero attached hydrogens (tertiary/aromatic N) is 3. The first kappa shape index (κ1) is 15.0. The van der Waals surface area contributed by atoms with Gasteiger partial charge in [-0.25, -0.2) is 0 Å². The van der Waals surface area contributed by atoms with Crippen molar-refractivity contribution in [2.24, 2.45) is 0 Å². The molecule has 1 aromatic carbocycles. The molecule has 5 atom stereocenters. The van der Waals surface area contributed by atoms with Crippen molar-refractivity contribution in [1.29, 1.82) is 0 Å². The number of nitro groups is 2. The summed E-state index contributed by atoms with van der Waals surface area (Å²) in [5.74, 6) is 0. The summed E-state index contributed by atoms with van der Waals surface area (Å²) in [5, 5.41) is 23.5. The van der Waals surface area contributed by atoms with Gasteiger partial charge in [0.15, 0.2) is 13.1 Å². The van der Waals surface area contributed by atoms with E-state index in [9.17, 15) is 20.2 Å². The van der Waals surface area contributed by atoms with Crippen LogP contribution in [0, 0.1) is 20.2 Å². The molecular formula is C15H17BrN3O4+. The van der Waals surface area contributed by atoms with Gasteiger partial charge in [-0.15, -0.1) is 0 Å². The summed E-state index contributed by atoms with van der Waals surface area (Å²) in [6, 6.07) is 9.72. The Labute approximate surface area is 141 Å². The lowest BCUT2D eigenvalue weighted by Crippen LogP contribution is -2.64. The molecule has 122 valence electrons. The van der Waals surface area contributed by atoms with Crippen molar-refractivity contribution in [3.8, 4) is 0 Å². The van der Waals surface area contributed by atoms with Gasteiger partial charge in [-0.2, -0.15) is 0 Å². The molecule has 0 aromatic heterocycles. The summed E-state index contributed by atoms with van der Waals surface area (Å²) in [7, 11) is 0. The molecule has 1 aliphatic carbocycles. The van der Waals surface area contributed by atoms with Gasteiger partial charge in [0, 0.05) is 15.4 Å². The highest BCUT2D eigenvalue weighted by Gasteiger charge is 2.85. The number of alkyl halides is 1. The zero-order valence-corrected chi connectivity index (χ0v) is 14.0. The minimum Gasteiger partial charge on any atom is -0.304 e. The maximum absolute atomic E-state index is 11.8. The van der Waals surface area contributed by atoms with Gasteiger partial charge in [-0.1, -0.05) is 46.3 Å². The summed E-state index contributed by atoms with van der Waals surface area (Å²) in [6.45, 7) is 1.40. The molecule has 0 amide bonds. The van der Waals surface area contributed by atoms with E-state index >= 15 is 0 Å². The van der Waals surface area contributed by atoms with Gasteiger partial charge in [0.05, 0.1) is 6.42 Å². The van der Waals surface area contributed by atoms with Crippen molar-refractivity contribution >= 4 is 15.9 Å². The van der Waals surface area contributed by atoms with Gasteiger partial charge in [-0.3, -0.25) is 20.2 Å². The van der Waals surface area contributed by atoms with E-state index in [0.29, 0.717) is 30.5 Å². The number of rotatable bonds is 4. The number of quaternary nitrogens is 1. The van der Waals surface area contributed by atoms with Crippen LogP contribution in [0.1, 0.15) is 18.4 Å². The maximum atomic E-state index is 11.8. The van der Waals surface area contributed by atoms with E-state index in [2.05, 4.69) is 15.9 Å². The average Bonchev–Trinajstić information content (AvgIpc) is 2.83. The minimum absolute atomic E-state index is 0.0429. The third kappa shape index (κ3) is 1.79. The van der Waals surface area contributed by atoms with Crippen LogP contribution in [0.15, 0.2) is 30.3 Å². The molecule has 4 aliphatic rings. The summed E-state index contributed by atoms with van der Waals surface area (Å²) in [5.41, 5.74) is -1.28. The first-order chi connectivity index (χ1) is 10.8. The zero-order chi connectivity index (χ0) is 16.5. The monoisotopic (exact) mass is 382 g/mol. The van der Waals surface area contributed by atoms with Crippen LogP contribution in [-0.4, -0.2) is 49.4 Å². The molecule has 1 aromatic rings. The van der Waals surface area contributed by atoms with E-state index in [4.69, 9.17) is 0 Å². The zero-order valence-electron chi connectivity index (χ0n) is 12.4. The van der Waals surface area contributed by atoms with Gasteiger partial charge in [0.25, 0.3) is 11.1 Å². The summed E-state index contributed by atoms with van der Waals surface area (Å²) in [6.07, 6.45) is 0.472. The molecule has 5 unspecified atom stereocenters. The van der Waals surface area contributed by atoms with Crippen molar-refractivity contribution < 1.29 is 14.3 Å². The first-order valence-electron chi connectivity index (χ1n) is 7.66. The third-order valence-electron chi connectivity index (χ3n) is 6.07. The highest BCUT2D eigenvalue weighted by Crippen LogP contribution is 2.60. The Morgan fingerprint density at radius 3 is 2.48 bits per heavy atom. The highest BCUT2D eigenvalue weighted by molar-refractivity contribution is 9.09. The van der Waals surface area contributed by atoms with Crippen LogP contribution in [0.25, 0.3) is 0 Å². The lowest BCUT2D eigenvalue weighted by atomic mass is 9.73. The van der Waals surface area contributed by atoms with Crippen LogP contribution in [0.4, 0.5) is 0 Å². The van der Waals surface area contributed by atoms with Gasteiger partial charge in [0.2, 0.25) is 0 Å². The smallest absolute Gasteiger partial charge is 0.294 e. The fraction of sp³-hybridized carbons (Fsp3) is 0.600. The standard InChI is InChI=1S/C15H17BrN3O4/c16-13-12-6-14(17(20)21)8-15(13,18(22)23)10-19(12,9-14)7-11-4-2-1-3-5-11/h1-5,12-13H,6-10H2/q+1. The van der Waals surface area contributed by atoms with Gasteiger partial charge >= 0.3 is 0 Å². The average molecular weight is 383 g/mol. The van der Waals surface area contributed by atoms with Crippen LogP contribution in [0.2, 0.25) is 0 Å². The normalized spacial score (nSPS) is 43.7. The number of hydrogen-bond donors (Lipinski definition) is 0. The van der Waals surface area contributed by atoms with Crippen molar-refractivity contribution in [2.45, 2.75) is 41.3 Å². The third-order valence-corrected chi connectivity index (χ3v) is 7.53. The lowest BCUT2D eigenvalue weighted by molar-refractivity contribution is -0.957. The SMILES string of the molecule is O=[N+]([O-])C12CC3C(Br)C([N+](=O)[O-])(C1)C[N+]3(Cc1ccccc1)C2. The molecule has 3 heterocycles. The molecular weight excluding hydrogens is 366 g/mol. The predicted molar refractivity (Wildman–Crippen MR) is 85.3 cm³/mol. The van der Waals surface area contributed by atoms with Gasteiger partial charge < -0.3 is 4.48 Å². The number of halogens is 1. The van der Waals surface area contributed by atoms with Crippen LogP contribution >= 0.6 is 15.9 Å². The Balaban J connectivity index is 1.80. The highest BCUT2D eigenvalue weighted by atomic mass is 79.9. The van der Waals surface area contributed by atoms with E-state index in [0.717, 1.165) is 5.56 Å². The Morgan fingerprint density at radius 2 is 1.87 bits per heavy atom. The number of hydrogen-bond acceptors (Lipinski definition) is 4. The van der Waals surface area contributed by atoms with Crippen LogP contribution < -0.4 is 0 Å². The molecule has 3 saturated heterocycles. The Hall–Kier alpha value is -1.54. The van der Waals surface area contributed by atoms with Crippen LogP contribution in [0.3, 0.4) is 0 Å². The van der Waals surface area contributed by atoms with Crippen molar-refractivity contribution in [3.63, 3.8) is 0 Å². The van der Waals surface area contributed by atoms with Crippen molar-refractivity contribution in [1.82, 2.24) is 0 Å². The van der Waals surface area contributed by atoms with E-state index in [-0.39, 0.29) is 27.1 Å². The second-order valence-corrected chi connectivity index (χ2v) is 8.36. The lowest BCUT2D eigenvalue weighted by Gasteiger charge is -2.38. The molecule has 5 rings (SSSR count). The van der Waals surface area contributed by atoms with E-state index in [1.165, 1.54) is 0 Å². The van der Waals surface area contributed by atoms with Crippen LogP contribution in [0.5, 0.6) is 0 Å². The van der Waals surface area contributed by atoms with Gasteiger partial charge in [-0.05, 0) is 0 Å². The van der Waals surface area contributed by atoms with Crippen molar-refractivity contribution in [3.05, 3.63) is 56.1 Å². The van der Waals surface area contributed by atoms with Gasteiger partial charge in [0.1, 0.15) is 23.8 Å². The van der Waals surface area contributed by atoms with E-state index in [1.54, 1.807) is 0 Å². The van der Waals surface area contributed by atoms with Crippen LogP contribution in [-0.2, 0) is 6.54 Å². The second kappa shape index (κ2) is 4.51. The fourth-order valence-electron chi connectivity index (χ4n) is 5.34. The van der Waals surface area contributed by atoms with E-state index in [1.807, 2.05) is 30.3 Å². The molecule has 4 bridgehead atoms. The largest absolute Gasteiger partial charge is 0.304 e. The maximum Gasteiger partial charge on any atom is 0.294 e. The predicted octanol–water partition coefficient (Wildman–Crippen LogP) is 1.99. The molecule has 1 saturated carbocycles. The second-order valence-electron chi connectivity index (χ2n) is 7.37. The molecule has 3 aliphatic heterocycles. The minimum atomic E-state index is -1.22. The molecule has 0 radical (unpaired) electrons. The molecule has 4 fully saturated rings. The number of benzene rings is 1. The summed E-state index contributed by atoms with van der Waals surface area (Å²) >= 11 is 3.55. The molecule has 0 spiro atoms. The molecule has 7 nitrogen and oxygen atoms in total. The first-order valence-corrected chi connectivity index (χ1v) is 8.58. The summed E-state index contributed by atoms with van der Waals surface area (Å²) in [4.78, 5) is 22.7. The molecule has 8 heteroatoms. The molecule has 0 N–H and O–H groups in total. The quantitative estimate of drug-likeness (QED) is 0.344. The number of piperidine rings is 1. The van der Waals surface area contributed by atoms with E-state index < -0.39 is 11.1 Å². The topological polar surface area (TPSA) is 86.3 Å². The Bertz CT molecular complexity index is 701. The fourth-order valence-corrected chi connectivity index (χ4v) is 6.51. The van der Waals surface area contributed by atoms with Crippen molar-refractivity contribution in [2.75, 3.05) is 13.1 Å². The molecule has 23 heavy (non-hydrogen) atoms. The summed E-state index contributed by atoms with van der Waals surface area (Å²) < 4.78 is 0.460. The Kier molecular flexibility index (Phi) is 2.94. The Morgan fingerprint density at radius 1 is 1.17 bits per heavy atom.